The molecule has 1 aliphatic heterocycles. The number of alkyl halides is 1. The number of carbonyl (C=O) groups excluding carboxylic acids is 1. The zero-order valence-corrected chi connectivity index (χ0v) is 21.7. The Hall–Kier alpha value is -2.25. The Kier molecular flexibility index (Phi) is 6.75. The zero-order chi connectivity index (χ0) is 24.9. The molecule has 0 unspecified atom stereocenters. The van der Waals surface area contributed by atoms with Crippen LogP contribution in [0.4, 0.5) is 11.4 Å². The third kappa shape index (κ3) is 4.53. The van der Waals surface area contributed by atoms with Gasteiger partial charge in [0.1, 0.15) is 0 Å². The highest BCUT2D eigenvalue weighted by molar-refractivity contribution is 8.00. The summed E-state index contributed by atoms with van der Waals surface area (Å²) in [4.78, 5) is 23.9. The van der Waals surface area contributed by atoms with E-state index in [2.05, 4.69) is 5.32 Å². The summed E-state index contributed by atoms with van der Waals surface area (Å²) < 4.78 is 0. The van der Waals surface area contributed by atoms with Crippen LogP contribution in [-0.2, 0) is 0 Å². The molecular weight excluding hydrogens is 527 g/mol. The van der Waals surface area contributed by atoms with Crippen LogP contribution < -0.4 is 5.32 Å². The normalized spacial score (nSPS) is 24.9. The van der Waals surface area contributed by atoms with Gasteiger partial charge < -0.3 is 5.32 Å². The molecule has 2 aliphatic rings. The maximum Gasteiger partial charge on any atom is 0.282 e. The minimum absolute atomic E-state index is 0.0119. The maximum absolute atomic E-state index is 12.1. The Bertz CT molecular complexity index is 1330. The Morgan fingerprint density at radius 3 is 2.57 bits per heavy atom. The van der Waals surface area contributed by atoms with E-state index >= 15 is 0 Å². The van der Waals surface area contributed by atoms with E-state index in [0.29, 0.717) is 20.5 Å². The quantitative estimate of drug-likeness (QED) is 0.151. The highest BCUT2D eigenvalue weighted by Gasteiger charge is 2.50. The lowest BCUT2D eigenvalue weighted by Gasteiger charge is -2.39. The second-order valence-corrected chi connectivity index (χ2v) is 11.5. The molecule has 9 heteroatoms. The summed E-state index contributed by atoms with van der Waals surface area (Å²) in [5.74, 6) is -0.0162. The van der Waals surface area contributed by atoms with Gasteiger partial charge in [-0.1, -0.05) is 41.4 Å². The molecule has 5 nitrogen and oxygen atoms in total. The molecule has 3 aromatic carbocycles. The maximum atomic E-state index is 12.1. The molecule has 1 N–H and O–H groups in total. The number of carbonyl (C=O) groups is 1. The number of ketones is 1. The van der Waals surface area contributed by atoms with Gasteiger partial charge in [-0.3, -0.25) is 14.9 Å². The number of halogens is 3. The lowest BCUT2D eigenvalue weighted by molar-refractivity contribution is -0.387. The van der Waals surface area contributed by atoms with Crippen LogP contribution in [0.1, 0.15) is 46.8 Å². The fraction of sp³-hybridized carbons (Fsp3) is 0.269. The highest BCUT2D eigenvalue weighted by atomic mass is 35.5. The fourth-order valence-electron chi connectivity index (χ4n) is 5.27. The molecule has 3 aromatic rings. The number of anilines is 1. The van der Waals surface area contributed by atoms with Gasteiger partial charge >= 0.3 is 0 Å². The number of hydrogen-bond acceptors (Lipinski definition) is 5. The molecule has 1 fully saturated rings. The average Bonchev–Trinajstić information content (AvgIpc) is 3.15. The van der Waals surface area contributed by atoms with Crippen molar-refractivity contribution in [3.63, 3.8) is 0 Å². The summed E-state index contributed by atoms with van der Waals surface area (Å²) in [6.45, 7) is 1.55. The lowest BCUT2D eigenvalue weighted by Crippen LogP contribution is -2.31. The van der Waals surface area contributed by atoms with Gasteiger partial charge in [0.15, 0.2) is 5.78 Å². The Balaban J connectivity index is 1.58. The van der Waals surface area contributed by atoms with Crippen molar-refractivity contribution >= 4 is 63.7 Å². The fourth-order valence-corrected chi connectivity index (χ4v) is 7.74. The molecule has 1 heterocycles. The lowest BCUT2D eigenvalue weighted by atomic mass is 9.76. The van der Waals surface area contributed by atoms with Crippen molar-refractivity contribution in [3.05, 3.63) is 97.5 Å². The van der Waals surface area contributed by atoms with Gasteiger partial charge in [-0.2, -0.15) is 0 Å². The highest BCUT2D eigenvalue weighted by Crippen LogP contribution is 2.58. The predicted octanol–water partition coefficient (Wildman–Crippen LogP) is 8.14. The number of nitro benzene ring substituents is 1. The number of thioether (sulfide) groups is 1. The molecule has 5 rings (SSSR count). The first kappa shape index (κ1) is 24.4. The monoisotopic (exact) mass is 546 g/mol. The number of nitrogens with zero attached hydrogens (tertiary/aromatic N) is 1. The van der Waals surface area contributed by atoms with E-state index < -0.39 is 0 Å². The summed E-state index contributed by atoms with van der Waals surface area (Å²) in [6, 6.07) is 17.8. The summed E-state index contributed by atoms with van der Waals surface area (Å²) in [5.41, 5.74) is 3.54. The van der Waals surface area contributed by atoms with Crippen LogP contribution in [0, 0.1) is 16.0 Å². The number of hydrogen-bond donors (Lipinski definition) is 1. The van der Waals surface area contributed by atoms with Crippen LogP contribution in [0.25, 0.3) is 0 Å². The number of Topliss-reactive ketones (excluding diaryl/α,β-unsaturated/α-hetero) is 1. The molecule has 0 aromatic heterocycles. The van der Waals surface area contributed by atoms with Crippen LogP contribution in [0.2, 0.25) is 10.0 Å². The Morgan fingerprint density at radius 1 is 1.09 bits per heavy atom. The molecule has 0 spiro atoms. The molecule has 1 aliphatic carbocycles. The van der Waals surface area contributed by atoms with E-state index in [1.165, 1.54) is 17.8 Å². The van der Waals surface area contributed by atoms with E-state index in [0.717, 1.165) is 23.2 Å². The van der Waals surface area contributed by atoms with E-state index in [1.807, 2.05) is 30.3 Å². The Morgan fingerprint density at radius 2 is 1.86 bits per heavy atom. The SMILES string of the molecule is CC(=O)c1ccc2c(c1)[C@@H]1[C@@H](Cl)[C@@H](Sc3ccccc3[N+](=O)[O-])C[C@H]1[C@H](c1ccc(Cl)cc1Cl)N2. The molecule has 5 atom stereocenters. The summed E-state index contributed by atoms with van der Waals surface area (Å²) in [7, 11) is 0. The molecule has 0 radical (unpaired) electrons. The van der Waals surface area contributed by atoms with Crippen LogP contribution in [-0.4, -0.2) is 21.3 Å². The van der Waals surface area contributed by atoms with Crippen LogP contribution >= 0.6 is 46.6 Å². The summed E-state index contributed by atoms with van der Waals surface area (Å²) >= 11 is 21.4. The number of para-hydroxylation sites is 1. The van der Waals surface area contributed by atoms with E-state index in [-0.39, 0.29) is 44.9 Å². The number of nitrogens with one attached hydrogen (secondary N) is 1. The molecule has 0 bridgehead atoms. The molecule has 35 heavy (non-hydrogen) atoms. The van der Waals surface area contributed by atoms with Gasteiger partial charge in [0.25, 0.3) is 5.69 Å². The first-order valence-corrected chi connectivity index (χ1v) is 13.2. The van der Waals surface area contributed by atoms with Gasteiger partial charge in [0.05, 0.1) is 21.2 Å². The van der Waals surface area contributed by atoms with Crippen molar-refractivity contribution in [2.75, 3.05) is 5.32 Å². The second-order valence-electron chi connectivity index (χ2n) is 8.90. The van der Waals surface area contributed by atoms with Gasteiger partial charge in [0, 0.05) is 38.5 Å². The molecule has 0 amide bonds. The number of fused-ring (bicyclic) bond motifs is 3. The van der Waals surface area contributed by atoms with E-state index in [1.54, 1.807) is 31.2 Å². The van der Waals surface area contributed by atoms with Gasteiger partial charge in [-0.05, 0) is 66.8 Å². The first-order valence-electron chi connectivity index (χ1n) is 11.1. The van der Waals surface area contributed by atoms with Crippen LogP contribution in [0.5, 0.6) is 0 Å². The number of benzene rings is 3. The van der Waals surface area contributed by atoms with E-state index in [4.69, 9.17) is 34.8 Å². The van der Waals surface area contributed by atoms with Gasteiger partial charge in [-0.25, -0.2) is 0 Å². The Labute approximate surface area is 222 Å². The molecule has 180 valence electrons. The van der Waals surface area contributed by atoms with Gasteiger partial charge in [-0.15, -0.1) is 23.4 Å². The van der Waals surface area contributed by atoms with Crippen molar-refractivity contribution in [3.8, 4) is 0 Å². The third-order valence-electron chi connectivity index (χ3n) is 6.86. The molecule has 1 saturated carbocycles. The summed E-state index contributed by atoms with van der Waals surface area (Å²) in [5, 5.41) is 16.0. The van der Waals surface area contributed by atoms with Crippen molar-refractivity contribution in [1.29, 1.82) is 0 Å². The topological polar surface area (TPSA) is 72.2 Å². The minimum atomic E-state index is -0.361. The summed E-state index contributed by atoms with van der Waals surface area (Å²) in [6.07, 6.45) is 0.718. The van der Waals surface area contributed by atoms with Crippen molar-refractivity contribution in [2.45, 2.75) is 40.8 Å². The minimum Gasteiger partial charge on any atom is -0.378 e. The van der Waals surface area contributed by atoms with Crippen LogP contribution in [0.15, 0.2) is 65.6 Å². The van der Waals surface area contributed by atoms with E-state index in [9.17, 15) is 14.9 Å². The second kappa shape index (κ2) is 9.66. The first-order chi connectivity index (χ1) is 16.7. The zero-order valence-electron chi connectivity index (χ0n) is 18.6. The standard InChI is InChI=1S/C26H21Cl3N2O3S/c1-13(32)14-6-9-20-17(10-14)24-18(26(30-20)16-8-7-15(27)11-19(16)28)12-23(25(24)29)35-22-5-3-2-4-21(22)31(33)34/h2-11,18,23-26,30H,12H2,1H3/t18-,23+,24+,25+,26+/m1/s1. The molecular formula is C26H21Cl3N2O3S. The third-order valence-corrected chi connectivity index (χ3v) is 9.53. The largest absolute Gasteiger partial charge is 0.378 e. The number of rotatable bonds is 5. The number of nitro groups is 1. The smallest absolute Gasteiger partial charge is 0.282 e. The van der Waals surface area contributed by atoms with Gasteiger partial charge in [0.2, 0.25) is 0 Å². The van der Waals surface area contributed by atoms with Crippen molar-refractivity contribution in [2.24, 2.45) is 5.92 Å². The molecule has 0 saturated heterocycles. The average molecular weight is 548 g/mol. The van der Waals surface area contributed by atoms with Crippen molar-refractivity contribution < 1.29 is 9.72 Å². The van der Waals surface area contributed by atoms with Crippen molar-refractivity contribution in [1.82, 2.24) is 0 Å². The van der Waals surface area contributed by atoms with Crippen LogP contribution in [0.3, 0.4) is 0 Å². The predicted molar refractivity (Wildman–Crippen MR) is 143 cm³/mol.